The molecule has 0 radical (unpaired) electrons. The summed E-state index contributed by atoms with van der Waals surface area (Å²) >= 11 is 2.63. The molecule has 1 saturated heterocycles. The molecule has 112 valence electrons. The molecule has 0 spiro atoms. The van der Waals surface area contributed by atoms with Gasteiger partial charge in [0.05, 0.1) is 4.92 Å². The van der Waals surface area contributed by atoms with E-state index in [0.29, 0.717) is 13.1 Å². The lowest BCUT2D eigenvalue weighted by molar-refractivity contribution is -0.383. The molecular weight excluding hydrogens is 322 g/mol. The van der Waals surface area contributed by atoms with Gasteiger partial charge in [0.1, 0.15) is 4.21 Å². The highest BCUT2D eigenvalue weighted by Crippen LogP contribution is 2.38. The zero-order chi connectivity index (χ0) is 14.8. The number of sulfonamides is 1. The molecular formula is C10H15N3O4S3. The Hall–Kier alpha value is -0.840. The standard InChI is InChI=1S/C10H15N3O4S3/c1-11-10-8(13(14)15)7-9(19-10)20(16,17)12-3-2-5-18-6-4-12/h7,11H,2-6H2,1H3. The van der Waals surface area contributed by atoms with Gasteiger partial charge in [0.15, 0.2) is 5.00 Å². The molecule has 2 rings (SSSR count). The molecule has 2 heterocycles. The van der Waals surface area contributed by atoms with E-state index < -0.39 is 14.9 Å². The van der Waals surface area contributed by atoms with E-state index in [1.807, 2.05) is 0 Å². The highest BCUT2D eigenvalue weighted by molar-refractivity contribution is 7.99. The minimum Gasteiger partial charge on any atom is -0.374 e. The molecule has 1 aromatic heterocycles. The van der Waals surface area contributed by atoms with Gasteiger partial charge in [0.25, 0.3) is 10.0 Å². The van der Waals surface area contributed by atoms with Gasteiger partial charge in [-0.3, -0.25) is 10.1 Å². The second-order valence-electron chi connectivity index (χ2n) is 4.16. The van der Waals surface area contributed by atoms with Gasteiger partial charge in [-0.2, -0.15) is 16.1 Å². The summed E-state index contributed by atoms with van der Waals surface area (Å²) in [6.45, 7) is 0.920. The molecule has 7 nitrogen and oxygen atoms in total. The number of anilines is 1. The zero-order valence-electron chi connectivity index (χ0n) is 10.9. The average molecular weight is 337 g/mol. The van der Waals surface area contributed by atoms with Crippen LogP contribution < -0.4 is 5.32 Å². The molecule has 1 aliphatic rings. The minimum atomic E-state index is -3.64. The molecule has 0 saturated carbocycles. The van der Waals surface area contributed by atoms with Crippen molar-refractivity contribution in [2.45, 2.75) is 10.6 Å². The molecule has 0 unspecified atom stereocenters. The Labute approximate surface area is 125 Å². The maximum atomic E-state index is 12.5. The van der Waals surface area contributed by atoms with Crippen molar-refractivity contribution >= 4 is 43.8 Å². The summed E-state index contributed by atoms with van der Waals surface area (Å²) in [7, 11) is -2.10. The van der Waals surface area contributed by atoms with Crippen LogP contribution in [0.15, 0.2) is 10.3 Å². The summed E-state index contributed by atoms with van der Waals surface area (Å²) in [6, 6.07) is 1.14. The van der Waals surface area contributed by atoms with Crippen molar-refractivity contribution in [1.29, 1.82) is 0 Å². The van der Waals surface area contributed by atoms with Gasteiger partial charge in [0.2, 0.25) is 0 Å². The average Bonchev–Trinajstić information content (AvgIpc) is 2.66. The first-order valence-corrected chi connectivity index (χ1v) is 9.42. The molecule has 1 fully saturated rings. The van der Waals surface area contributed by atoms with E-state index >= 15 is 0 Å². The van der Waals surface area contributed by atoms with Crippen molar-refractivity contribution < 1.29 is 13.3 Å². The largest absolute Gasteiger partial charge is 0.374 e. The van der Waals surface area contributed by atoms with Gasteiger partial charge in [-0.15, -0.1) is 0 Å². The first-order chi connectivity index (χ1) is 9.46. The number of hydrogen-bond donors (Lipinski definition) is 1. The van der Waals surface area contributed by atoms with Gasteiger partial charge in [-0.25, -0.2) is 8.42 Å². The van der Waals surface area contributed by atoms with Gasteiger partial charge < -0.3 is 5.32 Å². The van der Waals surface area contributed by atoms with Crippen LogP contribution in [-0.2, 0) is 10.0 Å². The van der Waals surface area contributed by atoms with Crippen molar-refractivity contribution in [1.82, 2.24) is 4.31 Å². The van der Waals surface area contributed by atoms with Crippen molar-refractivity contribution in [3.05, 3.63) is 16.2 Å². The number of nitro groups is 1. The minimum absolute atomic E-state index is 0.0282. The fourth-order valence-corrected chi connectivity index (χ4v) is 5.81. The Kier molecular flexibility index (Phi) is 4.89. The molecule has 10 heteroatoms. The van der Waals surface area contributed by atoms with Crippen molar-refractivity contribution in [2.24, 2.45) is 0 Å². The Bertz CT molecular complexity index is 591. The number of thioether (sulfide) groups is 1. The predicted molar refractivity (Wildman–Crippen MR) is 81.2 cm³/mol. The van der Waals surface area contributed by atoms with E-state index in [1.165, 1.54) is 11.4 Å². The van der Waals surface area contributed by atoms with Crippen LogP contribution in [-0.4, -0.2) is 49.3 Å². The van der Waals surface area contributed by atoms with E-state index in [0.717, 1.165) is 35.3 Å². The summed E-state index contributed by atoms with van der Waals surface area (Å²) in [5, 5.41) is 13.8. The molecule has 0 bridgehead atoms. The lowest BCUT2D eigenvalue weighted by Gasteiger charge is -2.17. The quantitative estimate of drug-likeness (QED) is 0.665. The fourth-order valence-electron chi connectivity index (χ4n) is 1.89. The lowest BCUT2D eigenvalue weighted by Crippen LogP contribution is -2.32. The third-order valence-electron chi connectivity index (χ3n) is 2.89. The van der Waals surface area contributed by atoms with Gasteiger partial charge in [0, 0.05) is 32.0 Å². The number of rotatable bonds is 4. The molecule has 1 aliphatic heterocycles. The normalized spacial score (nSPS) is 17.6. The number of nitrogens with one attached hydrogen (secondary N) is 1. The van der Waals surface area contributed by atoms with Crippen molar-refractivity contribution in [2.75, 3.05) is 37.0 Å². The molecule has 0 aromatic carbocycles. The topological polar surface area (TPSA) is 92.6 Å². The molecule has 20 heavy (non-hydrogen) atoms. The van der Waals surface area contributed by atoms with E-state index in [9.17, 15) is 18.5 Å². The molecule has 1 aromatic rings. The van der Waals surface area contributed by atoms with Crippen LogP contribution >= 0.6 is 23.1 Å². The number of nitrogens with zero attached hydrogens (tertiary/aromatic N) is 2. The van der Waals surface area contributed by atoms with Gasteiger partial charge in [-0.1, -0.05) is 11.3 Å². The Morgan fingerprint density at radius 1 is 1.40 bits per heavy atom. The summed E-state index contributed by atoms with van der Waals surface area (Å²) < 4.78 is 26.5. The lowest BCUT2D eigenvalue weighted by atomic mass is 10.5. The summed E-state index contributed by atoms with van der Waals surface area (Å²) in [5.41, 5.74) is -0.194. The number of hydrogen-bond acceptors (Lipinski definition) is 7. The van der Waals surface area contributed by atoms with Crippen LogP contribution in [0.4, 0.5) is 10.7 Å². The maximum Gasteiger partial charge on any atom is 0.304 e. The predicted octanol–water partition coefficient (Wildman–Crippen LogP) is 1.83. The summed E-state index contributed by atoms with van der Waals surface area (Å²) in [6.07, 6.45) is 0.802. The second-order valence-corrected chi connectivity index (χ2v) is 8.60. The smallest absolute Gasteiger partial charge is 0.304 e. The first-order valence-electron chi connectivity index (χ1n) is 6.00. The van der Waals surface area contributed by atoms with Gasteiger partial charge >= 0.3 is 5.69 Å². The van der Waals surface area contributed by atoms with Crippen molar-refractivity contribution in [3.8, 4) is 0 Å². The third kappa shape index (κ3) is 3.08. The molecule has 0 atom stereocenters. The van der Waals surface area contributed by atoms with E-state index in [2.05, 4.69) is 5.32 Å². The van der Waals surface area contributed by atoms with E-state index in [4.69, 9.17) is 0 Å². The maximum absolute atomic E-state index is 12.5. The Morgan fingerprint density at radius 3 is 2.75 bits per heavy atom. The summed E-state index contributed by atoms with van der Waals surface area (Å²) in [4.78, 5) is 10.3. The van der Waals surface area contributed by atoms with E-state index in [-0.39, 0.29) is 14.9 Å². The Morgan fingerprint density at radius 2 is 2.15 bits per heavy atom. The first kappa shape index (κ1) is 15.5. The Balaban J connectivity index is 2.35. The zero-order valence-corrected chi connectivity index (χ0v) is 13.3. The highest BCUT2D eigenvalue weighted by Gasteiger charge is 2.31. The highest BCUT2D eigenvalue weighted by atomic mass is 32.2. The number of thiophene rings is 1. The van der Waals surface area contributed by atoms with Crippen LogP contribution in [0.5, 0.6) is 0 Å². The molecule has 0 aliphatic carbocycles. The SMILES string of the molecule is CNc1sc(S(=O)(=O)N2CCCSCC2)cc1[N+](=O)[O-]. The van der Waals surface area contributed by atoms with Crippen LogP contribution in [0, 0.1) is 10.1 Å². The summed E-state index contributed by atoms with van der Waals surface area (Å²) in [5.74, 6) is 1.70. The van der Waals surface area contributed by atoms with Crippen LogP contribution in [0.2, 0.25) is 0 Å². The fraction of sp³-hybridized carbons (Fsp3) is 0.600. The van der Waals surface area contributed by atoms with Gasteiger partial charge in [-0.05, 0) is 12.2 Å². The van der Waals surface area contributed by atoms with Crippen molar-refractivity contribution in [3.63, 3.8) is 0 Å². The van der Waals surface area contributed by atoms with Crippen LogP contribution in [0.1, 0.15) is 6.42 Å². The van der Waals surface area contributed by atoms with Crippen LogP contribution in [0.3, 0.4) is 0 Å². The molecule has 1 N–H and O–H groups in total. The second kappa shape index (κ2) is 6.29. The molecule has 0 amide bonds. The third-order valence-corrected chi connectivity index (χ3v) is 7.43. The monoisotopic (exact) mass is 337 g/mol. The van der Waals surface area contributed by atoms with Crippen LogP contribution in [0.25, 0.3) is 0 Å². The van der Waals surface area contributed by atoms with E-state index in [1.54, 1.807) is 11.8 Å².